The van der Waals surface area contributed by atoms with Crippen LogP contribution in [-0.4, -0.2) is 59.6 Å². The van der Waals surface area contributed by atoms with Crippen molar-refractivity contribution in [3.8, 4) is 0 Å². The summed E-state index contributed by atoms with van der Waals surface area (Å²) >= 11 is 1.46. The maximum absolute atomic E-state index is 12.6. The maximum Gasteiger partial charge on any atom is 0.272 e. The minimum Gasteiger partial charge on any atom is -0.389 e. The predicted molar refractivity (Wildman–Crippen MR) is 86.6 cm³/mol. The van der Waals surface area contributed by atoms with Crippen molar-refractivity contribution >= 4 is 28.9 Å². The number of oxime groups is 1. The molecule has 2 fully saturated rings. The second-order valence-electron chi connectivity index (χ2n) is 6.42. The Balaban J connectivity index is 1.46. The Morgan fingerprint density at radius 2 is 2.00 bits per heavy atom. The van der Waals surface area contributed by atoms with Gasteiger partial charge in [0.15, 0.2) is 11.8 Å². The smallest absolute Gasteiger partial charge is 0.272 e. The number of fused-ring (bicyclic) bond motifs is 1. The quantitative estimate of drug-likeness (QED) is 0.824. The third kappa shape index (κ3) is 2.52. The summed E-state index contributed by atoms with van der Waals surface area (Å²) in [7, 11) is 0. The summed E-state index contributed by atoms with van der Waals surface area (Å²) in [4.78, 5) is 34.9. The molecule has 23 heavy (non-hydrogen) atoms. The average molecular weight is 333 g/mol. The Hall–Kier alpha value is -1.89. The van der Waals surface area contributed by atoms with Crippen molar-refractivity contribution < 1.29 is 14.4 Å². The van der Waals surface area contributed by atoms with Gasteiger partial charge >= 0.3 is 0 Å². The van der Waals surface area contributed by atoms with E-state index in [0.29, 0.717) is 18.8 Å². The van der Waals surface area contributed by atoms with Crippen molar-refractivity contribution in [2.24, 2.45) is 11.1 Å². The molecular weight excluding hydrogens is 314 g/mol. The first kappa shape index (κ1) is 14.7. The van der Waals surface area contributed by atoms with Crippen LogP contribution in [0.4, 0.5) is 0 Å². The van der Waals surface area contributed by atoms with Crippen LogP contribution in [0.2, 0.25) is 0 Å². The minimum absolute atomic E-state index is 0.0173. The molecule has 3 aliphatic rings. The molecule has 0 bridgehead atoms. The van der Waals surface area contributed by atoms with Crippen molar-refractivity contribution in [3.05, 3.63) is 21.9 Å². The lowest BCUT2D eigenvalue weighted by molar-refractivity contribution is -0.123. The van der Waals surface area contributed by atoms with E-state index in [0.717, 1.165) is 36.4 Å². The van der Waals surface area contributed by atoms with Gasteiger partial charge in [0.1, 0.15) is 0 Å². The average Bonchev–Trinajstić information content (AvgIpc) is 3.29. The van der Waals surface area contributed by atoms with E-state index in [1.807, 2.05) is 23.3 Å². The highest BCUT2D eigenvalue weighted by molar-refractivity contribution is 7.12. The number of hydrogen-bond acceptors (Lipinski definition) is 5. The monoisotopic (exact) mass is 333 g/mol. The molecule has 1 aromatic heterocycles. The molecule has 0 aliphatic carbocycles. The summed E-state index contributed by atoms with van der Waals surface area (Å²) in [6.45, 7) is 4.59. The number of aryl methyl sites for hydroxylation is 1. The third-order valence-electron chi connectivity index (χ3n) is 4.74. The number of amides is 2. The van der Waals surface area contributed by atoms with Crippen molar-refractivity contribution in [2.45, 2.75) is 25.9 Å². The van der Waals surface area contributed by atoms with Crippen LogP contribution in [0.5, 0.6) is 0 Å². The van der Waals surface area contributed by atoms with E-state index in [1.54, 1.807) is 4.90 Å². The minimum atomic E-state index is -0.179. The van der Waals surface area contributed by atoms with Crippen LogP contribution < -0.4 is 0 Å². The molecule has 2 amide bonds. The Morgan fingerprint density at radius 3 is 2.70 bits per heavy atom. The standard InChI is InChI=1S/C16H19N3O3S/c1-10-6-13(23-9-10)15(20)19-7-11-12(8-19)22-17-14(11)16(21)18-4-2-3-5-18/h6,9,11-12H,2-5,7-8H2,1H3/t11-,12+/m0/s1. The summed E-state index contributed by atoms with van der Waals surface area (Å²) in [6, 6.07) is 1.91. The molecule has 6 nitrogen and oxygen atoms in total. The normalized spacial score (nSPS) is 26.2. The Bertz CT molecular complexity index is 678. The van der Waals surface area contributed by atoms with Crippen LogP contribution in [0.25, 0.3) is 0 Å². The molecule has 0 radical (unpaired) electrons. The molecule has 0 unspecified atom stereocenters. The van der Waals surface area contributed by atoms with Gasteiger partial charge in [-0.3, -0.25) is 9.59 Å². The first-order chi connectivity index (χ1) is 11.1. The summed E-state index contributed by atoms with van der Waals surface area (Å²) in [5, 5.41) is 6.00. The molecule has 3 aliphatic heterocycles. The fraction of sp³-hybridized carbons (Fsp3) is 0.562. The molecule has 1 aromatic rings. The van der Waals surface area contributed by atoms with E-state index >= 15 is 0 Å². The molecule has 4 rings (SSSR count). The second-order valence-corrected chi connectivity index (χ2v) is 7.34. The molecule has 4 heterocycles. The molecule has 7 heteroatoms. The summed E-state index contributed by atoms with van der Waals surface area (Å²) < 4.78 is 0. The van der Waals surface area contributed by atoms with E-state index in [-0.39, 0.29) is 23.8 Å². The molecule has 0 aromatic carbocycles. The third-order valence-corrected chi connectivity index (χ3v) is 5.78. The predicted octanol–water partition coefficient (Wildman–Crippen LogP) is 1.51. The lowest BCUT2D eigenvalue weighted by Gasteiger charge is -2.18. The first-order valence-corrected chi connectivity index (χ1v) is 8.89. The molecular formula is C16H19N3O3S. The molecule has 2 atom stereocenters. The topological polar surface area (TPSA) is 62.2 Å². The molecule has 0 N–H and O–H groups in total. The molecule has 0 spiro atoms. The fourth-order valence-corrected chi connectivity index (χ4v) is 4.35. The largest absolute Gasteiger partial charge is 0.389 e. The highest BCUT2D eigenvalue weighted by atomic mass is 32.1. The molecule has 122 valence electrons. The SMILES string of the molecule is Cc1csc(C(=O)N2C[C@@H]3C(C(=O)N4CCCC4)=NO[C@@H]3C2)c1. The summed E-state index contributed by atoms with van der Waals surface area (Å²) in [5.41, 5.74) is 1.59. The van der Waals surface area contributed by atoms with Gasteiger partial charge in [0.05, 0.1) is 17.3 Å². The van der Waals surface area contributed by atoms with E-state index < -0.39 is 0 Å². The Kier molecular flexibility index (Phi) is 3.60. The highest BCUT2D eigenvalue weighted by Gasteiger charge is 2.47. The van der Waals surface area contributed by atoms with Gasteiger partial charge in [-0.25, -0.2) is 0 Å². The van der Waals surface area contributed by atoms with Gasteiger partial charge in [0.2, 0.25) is 0 Å². The van der Waals surface area contributed by atoms with Crippen molar-refractivity contribution in [1.29, 1.82) is 0 Å². The number of carbonyl (C=O) groups is 2. The van der Waals surface area contributed by atoms with E-state index in [2.05, 4.69) is 5.16 Å². The van der Waals surface area contributed by atoms with Gasteiger partial charge < -0.3 is 14.6 Å². The van der Waals surface area contributed by atoms with Gasteiger partial charge in [-0.05, 0) is 36.8 Å². The summed E-state index contributed by atoms with van der Waals surface area (Å²) in [6.07, 6.45) is 1.92. The number of thiophene rings is 1. The van der Waals surface area contributed by atoms with E-state index in [9.17, 15) is 9.59 Å². The van der Waals surface area contributed by atoms with Gasteiger partial charge in [0.25, 0.3) is 11.8 Å². The Morgan fingerprint density at radius 1 is 1.22 bits per heavy atom. The van der Waals surface area contributed by atoms with Gasteiger partial charge in [-0.2, -0.15) is 0 Å². The fourth-order valence-electron chi connectivity index (χ4n) is 3.48. The molecule has 0 saturated carbocycles. The number of hydrogen-bond donors (Lipinski definition) is 0. The first-order valence-electron chi connectivity index (χ1n) is 8.01. The summed E-state index contributed by atoms with van der Waals surface area (Å²) in [5.74, 6) is -0.0848. The van der Waals surface area contributed by atoms with Gasteiger partial charge in [0, 0.05) is 19.6 Å². The number of nitrogens with zero attached hydrogens (tertiary/aromatic N) is 3. The van der Waals surface area contributed by atoms with Crippen molar-refractivity contribution in [1.82, 2.24) is 9.80 Å². The van der Waals surface area contributed by atoms with Crippen LogP contribution >= 0.6 is 11.3 Å². The van der Waals surface area contributed by atoms with Crippen LogP contribution in [0, 0.1) is 12.8 Å². The van der Waals surface area contributed by atoms with E-state index in [1.165, 1.54) is 11.3 Å². The number of carbonyl (C=O) groups excluding carboxylic acids is 2. The van der Waals surface area contributed by atoms with E-state index in [4.69, 9.17) is 4.84 Å². The van der Waals surface area contributed by atoms with Crippen LogP contribution in [-0.2, 0) is 9.63 Å². The second kappa shape index (κ2) is 5.63. The Labute approximate surface area is 138 Å². The lowest BCUT2D eigenvalue weighted by Crippen LogP contribution is -2.39. The zero-order valence-electron chi connectivity index (χ0n) is 13.0. The molecule has 2 saturated heterocycles. The number of likely N-dealkylation sites (tertiary alicyclic amines) is 2. The zero-order valence-corrected chi connectivity index (χ0v) is 13.8. The highest BCUT2D eigenvalue weighted by Crippen LogP contribution is 2.30. The van der Waals surface area contributed by atoms with Crippen molar-refractivity contribution in [2.75, 3.05) is 26.2 Å². The van der Waals surface area contributed by atoms with Gasteiger partial charge in [-0.1, -0.05) is 5.16 Å². The lowest BCUT2D eigenvalue weighted by atomic mass is 10.00. The number of rotatable bonds is 2. The van der Waals surface area contributed by atoms with Crippen molar-refractivity contribution in [3.63, 3.8) is 0 Å². The van der Waals surface area contributed by atoms with Crippen LogP contribution in [0.15, 0.2) is 16.6 Å². The van der Waals surface area contributed by atoms with Crippen LogP contribution in [0.1, 0.15) is 28.1 Å². The van der Waals surface area contributed by atoms with Gasteiger partial charge in [-0.15, -0.1) is 11.3 Å². The van der Waals surface area contributed by atoms with Crippen LogP contribution in [0.3, 0.4) is 0 Å². The zero-order chi connectivity index (χ0) is 16.0. The maximum atomic E-state index is 12.6.